The van der Waals surface area contributed by atoms with Gasteiger partial charge in [0.1, 0.15) is 0 Å². The molecule has 2 N–H and O–H groups in total. The molecule has 0 radical (unpaired) electrons. The molecule has 0 saturated carbocycles. The van der Waals surface area contributed by atoms with E-state index in [0.29, 0.717) is 6.42 Å². The van der Waals surface area contributed by atoms with Gasteiger partial charge in [-0.1, -0.05) is 24.3 Å². The molecular weight excluding hydrogens is 198 g/mol. The molecule has 3 nitrogen and oxygen atoms in total. The minimum absolute atomic E-state index is 0.183. The predicted octanol–water partition coefficient (Wildman–Crippen LogP) is 0.528. The Morgan fingerprint density at radius 3 is 2.93 bits per heavy atom. The largest absolute Gasteiger partial charge is 0.391 e. The minimum Gasteiger partial charge on any atom is -0.391 e. The number of aliphatic hydroxyl groups is 1. The van der Waals surface area contributed by atoms with Crippen LogP contribution in [0.4, 0.5) is 0 Å². The summed E-state index contributed by atoms with van der Waals surface area (Å²) in [6.07, 6.45) is 1.76. The van der Waals surface area contributed by atoms with Crippen molar-refractivity contribution < 1.29 is 9.32 Å². The molecule has 2 rings (SSSR count). The highest BCUT2D eigenvalue weighted by Crippen LogP contribution is 2.31. The number of hydrogen-bond donors (Lipinski definition) is 2. The Labute approximate surface area is 85.7 Å². The number of hydrogen-bond acceptors (Lipinski definition) is 2. The first-order valence-electron chi connectivity index (χ1n) is 4.54. The summed E-state index contributed by atoms with van der Waals surface area (Å²) in [7, 11) is -1.09. The second-order valence-electron chi connectivity index (χ2n) is 3.52. The summed E-state index contributed by atoms with van der Waals surface area (Å²) in [6, 6.07) is 7.67. The van der Waals surface area contributed by atoms with E-state index in [1.807, 2.05) is 24.3 Å². The molecular formula is C10H13NO2S. The third kappa shape index (κ3) is 1.73. The van der Waals surface area contributed by atoms with Crippen LogP contribution in [-0.2, 0) is 17.4 Å². The first-order chi connectivity index (χ1) is 6.68. The molecule has 0 aromatic heterocycles. The normalized spacial score (nSPS) is 27.3. The van der Waals surface area contributed by atoms with Gasteiger partial charge in [0, 0.05) is 12.7 Å². The first kappa shape index (κ1) is 9.83. The fraction of sp³-hybridized carbons (Fsp3) is 0.400. The van der Waals surface area contributed by atoms with Crippen molar-refractivity contribution in [1.29, 1.82) is 0 Å². The van der Waals surface area contributed by atoms with Crippen molar-refractivity contribution in [3.8, 4) is 0 Å². The van der Waals surface area contributed by atoms with E-state index in [2.05, 4.69) is 4.72 Å². The molecule has 4 heteroatoms. The Balaban J connectivity index is 2.30. The molecule has 14 heavy (non-hydrogen) atoms. The van der Waals surface area contributed by atoms with Crippen LogP contribution in [0.25, 0.3) is 0 Å². The fourth-order valence-corrected chi connectivity index (χ4v) is 2.54. The molecule has 1 aliphatic carbocycles. The average Bonchev–Trinajstić information content (AvgIpc) is 2.43. The topological polar surface area (TPSA) is 49.3 Å². The van der Waals surface area contributed by atoms with Gasteiger partial charge >= 0.3 is 0 Å². The molecule has 3 atom stereocenters. The molecule has 1 aromatic carbocycles. The van der Waals surface area contributed by atoms with Crippen molar-refractivity contribution in [2.75, 3.05) is 6.26 Å². The van der Waals surface area contributed by atoms with E-state index in [0.717, 1.165) is 11.1 Å². The van der Waals surface area contributed by atoms with Gasteiger partial charge in [-0.25, -0.2) is 8.93 Å². The number of fused-ring (bicyclic) bond motifs is 1. The maximum absolute atomic E-state index is 11.0. The van der Waals surface area contributed by atoms with Crippen molar-refractivity contribution in [1.82, 2.24) is 4.72 Å². The highest BCUT2D eigenvalue weighted by Gasteiger charge is 2.30. The lowest BCUT2D eigenvalue weighted by molar-refractivity contribution is 0.152. The van der Waals surface area contributed by atoms with Gasteiger partial charge in [0.2, 0.25) is 0 Å². The molecule has 0 bridgehead atoms. The van der Waals surface area contributed by atoms with E-state index in [9.17, 15) is 9.32 Å². The number of aliphatic hydroxyl groups excluding tert-OH is 1. The summed E-state index contributed by atoms with van der Waals surface area (Å²) in [5.74, 6) is 0. The Morgan fingerprint density at radius 2 is 2.21 bits per heavy atom. The van der Waals surface area contributed by atoms with Crippen LogP contribution in [0.3, 0.4) is 0 Å². The van der Waals surface area contributed by atoms with Crippen molar-refractivity contribution >= 4 is 11.0 Å². The summed E-state index contributed by atoms with van der Waals surface area (Å²) in [5.41, 5.74) is 2.21. The van der Waals surface area contributed by atoms with E-state index >= 15 is 0 Å². The Kier molecular flexibility index (Phi) is 2.67. The summed E-state index contributed by atoms with van der Waals surface area (Å²) in [6.45, 7) is 0. The van der Waals surface area contributed by atoms with E-state index in [1.54, 1.807) is 6.26 Å². The average molecular weight is 211 g/mol. The van der Waals surface area contributed by atoms with Crippen LogP contribution in [0.15, 0.2) is 24.3 Å². The summed E-state index contributed by atoms with van der Waals surface area (Å²) >= 11 is 0. The fourth-order valence-electron chi connectivity index (χ4n) is 1.89. The van der Waals surface area contributed by atoms with Gasteiger partial charge in [0.15, 0.2) is 0 Å². The standard InChI is InChI=1S/C10H13NO2S/c1-14(13)11-10-8-5-3-2-4-7(8)6-9(10)12/h2-5,9-12H,6H2,1H3. The third-order valence-corrected chi connectivity index (χ3v) is 3.08. The van der Waals surface area contributed by atoms with Crippen molar-refractivity contribution in [2.45, 2.75) is 18.6 Å². The molecule has 0 spiro atoms. The van der Waals surface area contributed by atoms with Crippen molar-refractivity contribution in [3.05, 3.63) is 35.4 Å². The first-order valence-corrected chi connectivity index (χ1v) is 6.10. The van der Waals surface area contributed by atoms with Gasteiger partial charge in [-0.3, -0.25) is 0 Å². The van der Waals surface area contributed by atoms with Crippen LogP contribution >= 0.6 is 0 Å². The van der Waals surface area contributed by atoms with Crippen molar-refractivity contribution in [3.63, 3.8) is 0 Å². The summed E-state index contributed by atoms with van der Waals surface area (Å²) in [5, 5.41) is 9.76. The second kappa shape index (κ2) is 3.81. The van der Waals surface area contributed by atoms with Crippen LogP contribution in [0.1, 0.15) is 17.2 Å². The number of nitrogens with one attached hydrogen (secondary N) is 1. The second-order valence-corrected chi connectivity index (χ2v) is 4.66. The molecule has 0 amide bonds. The van der Waals surface area contributed by atoms with Crippen molar-refractivity contribution in [2.24, 2.45) is 0 Å². The molecule has 76 valence electrons. The SMILES string of the molecule is CS(=O)NC1c2ccccc2CC1O. The van der Waals surface area contributed by atoms with E-state index in [1.165, 1.54) is 0 Å². The van der Waals surface area contributed by atoms with Gasteiger partial charge in [0.05, 0.1) is 23.1 Å². The van der Waals surface area contributed by atoms with Crippen LogP contribution in [0, 0.1) is 0 Å². The molecule has 0 fully saturated rings. The van der Waals surface area contributed by atoms with Crippen LogP contribution in [-0.4, -0.2) is 21.7 Å². The number of rotatable bonds is 2. The van der Waals surface area contributed by atoms with E-state index in [-0.39, 0.29) is 6.04 Å². The van der Waals surface area contributed by atoms with Crippen LogP contribution < -0.4 is 4.72 Å². The van der Waals surface area contributed by atoms with Gasteiger partial charge < -0.3 is 5.11 Å². The zero-order valence-corrected chi connectivity index (χ0v) is 8.75. The summed E-state index contributed by atoms with van der Waals surface area (Å²) < 4.78 is 13.9. The zero-order chi connectivity index (χ0) is 10.1. The quantitative estimate of drug-likeness (QED) is 0.749. The number of benzene rings is 1. The maximum Gasteiger partial charge on any atom is 0.0890 e. The molecule has 1 aromatic rings. The lowest BCUT2D eigenvalue weighted by atomic mass is 10.1. The zero-order valence-electron chi connectivity index (χ0n) is 7.93. The van der Waals surface area contributed by atoms with E-state index < -0.39 is 17.1 Å². The van der Waals surface area contributed by atoms with Crippen LogP contribution in [0.2, 0.25) is 0 Å². The van der Waals surface area contributed by atoms with Crippen LogP contribution in [0.5, 0.6) is 0 Å². The molecule has 3 unspecified atom stereocenters. The molecule has 1 aliphatic rings. The lowest BCUT2D eigenvalue weighted by Crippen LogP contribution is -2.29. The van der Waals surface area contributed by atoms with E-state index in [4.69, 9.17) is 0 Å². The lowest BCUT2D eigenvalue weighted by Gasteiger charge is -2.15. The van der Waals surface area contributed by atoms with Gasteiger partial charge in [0.25, 0.3) is 0 Å². The Bertz CT molecular complexity index is 367. The summed E-state index contributed by atoms with van der Waals surface area (Å²) in [4.78, 5) is 0. The highest BCUT2D eigenvalue weighted by atomic mass is 32.2. The monoisotopic (exact) mass is 211 g/mol. The van der Waals surface area contributed by atoms with Gasteiger partial charge in [-0.15, -0.1) is 0 Å². The predicted molar refractivity (Wildman–Crippen MR) is 56.1 cm³/mol. The molecule has 0 saturated heterocycles. The van der Waals surface area contributed by atoms with Gasteiger partial charge in [-0.05, 0) is 11.1 Å². The molecule has 0 heterocycles. The smallest absolute Gasteiger partial charge is 0.0890 e. The minimum atomic E-state index is -1.09. The third-order valence-electron chi connectivity index (χ3n) is 2.50. The Morgan fingerprint density at radius 1 is 1.50 bits per heavy atom. The maximum atomic E-state index is 11.0. The van der Waals surface area contributed by atoms with Gasteiger partial charge in [-0.2, -0.15) is 0 Å². The Hall–Kier alpha value is -0.710. The molecule has 0 aliphatic heterocycles. The highest BCUT2D eigenvalue weighted by molar-refractivity contribution is 7.82.